The predicted molar refractivity (Wildman–Crippen MR) is 93.8 cm³/mol. The van der Waals surface area contributed by atoms with E-state index in [1.54, 1.807) is 31.4 Å². The Morgan fingerprint density at radius 3 is 2.88 bits per heavy atom. The van der Waals surface area contributed by atoms with Gasteiger partial charge in [-0.05, 0) is 31.2 Å². The Balaban J connectivity index is 2.02. The molecule has 1 aromatic carbocycles. The van der Waals surface area contributed by atoms with Gasteiger partial charge in [0.1, 0.15) is 6.61 Å². The fourth-order valence-electron chi connectivity index (χ4n) is 2.18. The number of ether oxygens (including phenoxy) is 3. The molecule has 0 unspecified atom stereocenters. The van der Waals surface area contributed by atoms with Gasteiger partial charge in [0.15, 0.2) is 11.5 Å². The van der Waals surface area contributed by atoms with E-state index in [1.807, 2.05) is 13.0 Å². The van der Waals surface area contributed by atoms with Gasteiger partial charge in [0, 0.05) is 12.7 Å². The first-order valence-corrected chi connectivity index (χ1v) is 7.98. The quantitative estimate of drug-likeness (QED) is 0.646. The van der Waals surface area contributed by atoms with Crippen molar-refractivity contribution in [2.45, 2.75) is 20.1 Å². The van der Waals surface area contributed by atoms with Crippen molar-refractivity contribution < 1.29 is 19.0 Å². The van der Waals surface area contributed by atoms with Gasteiger partial charge >= 0.3 is 0 Å². The van der Waals surface area contributed by atoms with Crippen molar-refractivity contribution in [1.29, 1.82) is 0 Å². The third-order valence-corrected chi connectivity index (χ3v) is 3.28. The molecular weight excluding hydrogens is 322 g/mol. The number of aromatic nitrogens is 2. The van der Waals surface area contributed by atoms with Crippen LogP contribution in [-0.2, 0) is 17.9 Å². The first-order valence-electron chi connectivity index (χ1n) is 7.98. The largest absolute Gasteiger partial charge is 0.490 e. The number of H-pyrrole nitrogens is 1. The average Bonchev–Trinajstić information content (AvgIpc) is 3.06. The number of carbonyl (C=O) groups is 1. The maximum Gasteiger partial charge on any atom is 0.251 e. The van der Waals surface area contributed by atoms with E-state index in [0.29, 0.717) is 43.4 Å². The molecule has 0 aliphatic carbocycles. The smallest absolute Gasteiger partial charge is 0.251 e. The molecule has 1 amide bonds. The Bertz CT molecular complexity index is 712. The number of amides is 1. The van der Waals surface area contributed by atoms with E-state index in [9.17, 15) is 4.79 Å². The van der Waals surface area contributed by atoms with Crippen LogP contribution in [0.15, 0.2) is 36.9 Å². The lowest BCUT2D eigenvalue weighted by Gasteiger charge is -2.12. The van der Waals surface area contributed by atoms with Crippen LogP contribution in [0.5, 0.6) is 11.5 Å². The number of benzene rings is 1. The SMILES string of the molecule is C=CCOc1ccc(C(=O)NCc2cc(COC)n[nH]2)cc1OCC. The summed E-state index contributed by atoms with van der Waals surface area (Å²) in [5, 5.41) is 9.79. The van der Waals surface area contributed by atoms with E-state index in [1.165, 1.54) is 0 Å². The number of nitrogens with one attached hydrogen (secondary N) is 2. The number of carbonyl (C=O) groups excluding carboxylic acids is 1. The molecule has 7 heteroatoms. The molecule has 2 aromatic rings. The first kappa shape index (κ1) is 18.5. The second-order valence-corrected chi connectivity index (χ2v) is 5.19. The lowest BCUT2D eigenvalue weighted by atomic mass is 10.2. The molecule has 0 fully saturated rings. The van der Waals surface area contributed by atoms with Crippen molar-refractivity contribution in [2.24, 2.45) is 0 Å². The summed E-state index contributed by atoms with van der Waals surface area (Å²) in [5.41, 5.74) is 2.08. The first-order chi connectivity index (χ1) is 12.2. The summed E-state index contributed by atoms with van der Waals surface area (Å²) in [6, 6.07) is 6.93. The number of rotatable bonds is 10. The molecule has 7 nitrogen and oxygen atoms in total. The van der Waals surface area contributed by atoms with E-state index in [-0.39, 0.29) is 5.91 Å². The van der Waals surface area contributed by atoms with Crippen molar-refractivity contribution in [2.75, 3.05) is 20.3 Å². The number of hydrogen-bond donors (Lipinski definition) is 2. The Kier molecular flexibility index (Phi) is 7.03. The van der Waals surface area contributed by atoms with Crippen molar-refractivity contribution in [3.05, 3.63) is 53.9 Å². The zero-order valence-corrected chi connectivity index (χ0v) is 14.5. The second-order valence-electron chi connectivity index (χ2n) is 5.19. The van der Waals surface area contributed by atoms with Gasteiger partial charge in [0.2, 0.25) is 0 Å². The average molecular weight is 345 g/mol. The van der Waals surface area contributed by atoms with Crippen LogP contribution in [-0.4, -0.2) is 36.4 Å². The molecule has 0 aliphatic heterocycles. The number of nitrogens with zero attached hydrogens (tertiary/aromatic N) is 1. The van der Waals surface area contributed by atoms with E-state index in [2.05, 4.69) is 22.1 Å². The topological polar surface area (TPSA) is 85.5 Å². The molecule has 1 aromatic heterocycles. The van der Waals surface area contributed by atoms with Crippen LogP contribution in [0.2, 0.25) is 0 Å². The minimum atomic E-state index is -0.209. The van der Waals surface area contributed by atoms with Gasteiger partial charge in [-0.3, -0.25) is 9.89 Å². The number of aromatic amines is 1. The van der Waals surface area contributed by atoms with Gasteiger partial charge in [-0.15, -0.1) is 0 Å². The zero-order valence-electron chi connectivity index (χ0n) is 14.5. The van der Waals surface area contributed by atoms with Gasteiger partial charge in [-0.1, -0.05) is 12.7 Å². The summed E-state index contributed by atoms with van der Waals surface area (Å²) < 4.78 is 16.1. The molecule has 1 heterocycles. The minimum Gasteiger partial charge on any atom is -0.490 e. The van der Waals surface area contributed by atoms with Gasteiger partial charge in [-0.25, -0.2) is 0 Å². The van der Waals surface area contributed by atoms with Crippen molar-refractivity contribution in [1.82, 2.24) is 15.5 Å². The van der Waals surface area contributed by atoms with E-state index in [0.717, 1.165) is 11.4 Å². The molecule has 0 saturated heterocycles. The Morgan fingerprint density at radius 1 is 1.32 bits per heavy atom. The monoisotopic (exact) mass is 345 g/mol. The lowest BCUT2D eigenvalue weighted by molar-refractivity contribution is 0.0950. The van der Waals surface area contributed by atoms with Gasteiger partial charge < -0.3 is 19.5 Å². The number of hydrogen-bond acceptors (Lipinski definition) is 5. The maximum atomic E-state index is 12.3. The van der Waals surface area contributed by atoms with Crippen LogP contribution < -0.4 is 14.8 Å². The predicted octanol–water partition coefficient (Wildman–Crippen LogP) is 2.45. The summed E-state index contributed by atoms with van der Waals surface area (Å²) in [6.45, 7) is 7.11. The molecular formula is C18H23N3O4. The molecule has 2 rings (SSSR count). The molecule has 2 N–H and O–H groups in total. The van der Waals surface area contributed by atoms with Gasteiger partial charge in [0.05, 0.1) is 31.1 Å². The van der Waals surface area contributed by atoms with Crippen LogP contribution in [0.1, 0.15) is 28.7 Å². The lowest BCUT2D eigenvalue weighted by Crippen LogP contribution is -2.23. The summed E-state index contributed by atoms with van der Waals surface area (Å²) >= 11 is 0. The maximum absolute atomic E-state index is 12.3. The second kappa shape index (κ2) is 9.48. The fourth-order valence-corrected chi connectivity index (χ4v) is 2.18. The summed E-state index contributed by atoms with van der Waals surface area (Å²) in [7, 11) is 1.61. The Hall–Kier alpha value is -2.80. The zero-order chi connectivity index (χ0) is 18.1. The molecule has 0 atom stereocenters. The molecule has 134 valence electrons. The third-order valence-electron chi connectivity index (χ3n) is 3.28. The van der Waals surface area contributed by atoms with Gasteiger partial charge in [-0.2, -0.15) is 5.10 Å². The van der Waals surface area contributed by atoms with Gasteiger partial charge in [0.25, 0.3) is 5.91 Å². The highest BCUT2D eigenvalue weighted by Gasteiger charge is 2.12. The molecule has 0 aliphatic rings. The standard InChI is InChI=1S/C18H23N3O4/c1-4-8-25-16-7-6-13(9-17(16)24-5-2)18(22)19-11-14-10-15(12-23-3)21-20-14/h4,6-7,9-10H,1,5,8,11-12H2,2-3H3,(H,19,22)(H,20,21). The molecule has 0 bridgehead atoms. The highest BCUT2D eigenvalue weighted by atomic mass is 16.5. The van der Waals surface area contributed by atoms with Crippen LogP contribution in [0.25, 0.3) is 0 Å². The van der Waals surface area contributed by atoms with Crippen LogP contribution >= 0.6 is 0 Å². The number of methoxy groups -OCH3 is 1. The van der Waals surface area contributed by atoms with Crippen molar-refractivity contribution in [3.63, 3.8) is 0 Å². The van der Waals surface area contributed by atoms with Crippen LogP contribution in [0, 0.1) is 0 Å². The highest BCUT2D eigenvalue weighted by Crippen LogP contribution is 2.28. The van der Waals surface area contributed by atoms with E-state index in [4.69, 9.17) is 14.2 Å². The third kappa shape index (κ3) is 5.36. The molecule has 0 saturated carbocycles. The molecule has 25 heavy (non-hydrogen) atoms. The normalized spacial score (nSPS) is 10.3. The molecule has 0 spiro atoms. The summed E-state index contributed by atoms with van der Waals surface area (Å²) in [5.74, 6) is 0.899. The Morgan fingerprint density at radius 2 is 2.16 bits per heavy atom. The minimum absolute atomic E-state index is 0.209. The molecule has 0 radical (unpaired) electrons. The van der Waals surface area contributed by atoms with E-state index >= 15 is 0 Å². The Labute approximate surface area is 147 Å². The fraction of sp³-hybridized carbons (Fsp3) is 0.333. The van der Waals surface area contributed by atoms with Crippen LogP contribution in [0.3, 0.4) is 0 Å². The highest BCUT2D eigenvalue weighted by molar-refractivity contribution is 5.94. The summed E-state index contributed by atoms with van der Waals surface area (Å²) in [4.78, 5) is 12.3. The van der Waals surface area contributed by atoms with Crippen LogP contribution in [0.4, 0.5) is 0 Å². The van der Waals surface area contributed by atoms with E-state index < -0.39 is 0 Å². The summed E-state index contributed by atoms with van der Waals surface area (Å²) in [6.07, 6.45) is 1.65. The van der Waals surface area contributed by atoms with Crippen molar-refractivity contribution in [3.8, 4) is 11.5 Å². The van der Waals surface area contributed by atoms with Crippen molar-refractivity contribution >= 4 is 5.91 Å².